The Morgan fingerprint density at radius 3 is 2.00 bits per heavy atom. The van der Waals surface area contributed by atoms with Crippen LogP contribution in [-0.4, -0.2) is 30.1 Å². The predicted molar refractivity (Wildman–Crippen MR) is 85.4 cm³/mol. The van der Waals surface area contributed by atoms with Crippen LogP contribution in [0.2, 0.25) is 0 Å². The van der Waals surface area contributed by atoms with Gasteiger partial charge in [-0.3, -0.25) is 0 Å². The fraction of sp³-hybridized carbons (Fsp3) is 0.625. The van der Waals surface area contributed by atoms with Crippen LogP contribution in [0.4, 0.5) is 13.2 Å². The first-order valence-corrected chi connectivity index (χ1v) is 7.33. The van der Waals surface area contributed by atoms with Gasteiger partial charge in [0.15, 0.2) is 0 Å². The number of piperidine rings is 1. The molecule has 0 radical (unpaired) electrons. The Morgan fingerprint density at radius 2 is 1.59 bits per heavy atom. The molecule has 1 fully saturated rings. The van der Waals surface area contributed by atoms with Crippen molar-refractivity contribution in [2.24, 2.45) is 5.73 Å². The van der Waals surface area contributed by atoms with Crippen LogP contribution in [-0.2, 0) is 6.18 Å². The highest BCUT2D eigenvalue weighted by molar-refractivity contribution is 5.85. The first-order chi connectivity index (χ1) is 9.65. The molecule has 1 heterocycles. The average molecular weight is 337 g/mol. The monoisotopic (exact) mass is 336 g/mol. The van der Waals surface area contributed by atoms with Gasteiger partial charge in [0.05, 0.1) is 5.56 Å². The number of hydrogen-bond donors (Lipinski definition) is 1. The molecule has 0 bridgehead atoms. The molecule has 0 aliphatic carbocycles. The molecule has 126 valence electrons. The second kappa shape index (κ2) is 7.20. The van der Waals surface area contributed by atoms with E-state index in [-0.39, 0.29) is 17.9 Å². The van der Waals surface area contributed by atoms with Crippen LogP contribution in [0, 0.1) is 0 Å². The summed E-state index contributed by atoms with van der Waals surface area (Å²) in [6.45, 7) is 6.77. The number of likely N-dealkylation sites (tertiary alicyclic amines) is 1. The molecule has 2 rings (SSSR count). The maximum Gasteiger partial charge on any atom is 0.416 e. The topological polar surface area (TPSA) is 29.3 Å². The normalized spacial score (nSPS) is 18.1. The van der Waals surface area contributed by atoms with E-state index >= 15 is 0 Å². The van der Waals surface area contributed by atoms with Gasteiger partial charge in [-0.1, -0.05) is 12.1 Å². The summed E-state index contributed by atoms with van der Waals surface area (Å²) < 4.78 is 37.7. The first-order valence-electron chi connectivity index (χ1n) is 7.33. The summed E-state index contributed by atoms with van der Waals surface area (Å²) in [4.78, 5) is 2.33. The summed E-state index contributed by atoms with van der Waals surface area (Å²) in [5, 5.41) is 0. The number of benzene rings is 1. The van der Waals surface area contributed by atoms with Gasteiger partial charge in [-0.2, -0.15) is 13.2 Å². The minimum atomic E-state index is -4.26. The zero-order valence-corrected chi connectivity index (χ0v) is 13.8. The minimum absolute atomic E-state index is 0. The van der Waals surface area contributed by atoms with Crippen molar-refractivity contribution in [3.63, 3.8) is 0 Å². The lowest BCUT2D eigenvalue weighted by atomic mass is 9.88. The molecule has 6 heteroatoms. The van der Waals surface area contributed by atoms with E-state index in [0.29, 0.717) is 5.92 Å². The van der Waals surface area contributed by atoms with Gasteiger partial charge < -0.3 is 10.6 Å². The highest BCUT2D eigenvalue weighted by Crippen LogP contribution is 2.33. The Balaban J connectivity index is 0.00000242. The Kier molecular flexibility index (Phi) is 6.30. The molecule has 1 saturated heterocycles. The van der Waals surface area contributed by atoms with Crippen LogP contribution >= 0.6 is 12.4 Å². The van der Waals surface area contributed by atoms with Gasteiger partial charge in [0.2, 0.25) is 0 Å². The third-order valence-corrected chi connectivity index (χ3v) is 3.93. The molecule has 1 aromatic carbocycles. The largest absolute Gasteiger partial charge is 0.416 e. The van der Waals surface area contributed by atoms with Crippen molar-refractivity contribution in [2.45, 2.75) is 44.3 Å². The Hall–Kier alpha value is -0.780. The third-order valence-electron chi connectivity index (χ3n) is 3.93. The van der Waals surface area contributed by atoms with E-state index in [1.165, 1.54) is 12.1 Å². The zero-order chi connectivity index (χ0) is 15.7. The van der Waals surface area contributed by atoms with Crippen LogP contribution in [0.5, 0.6) is 0 Å². The second-order valence-corrected chi connectivity index (χ2v) is 6.66. The maximum absolute atomic E-state index is 12.6. The zero-order valence-electron chi connectivity index (χ0n) is 13.0. The van der Waals surface area contributed by atoms with Crippen LogP contribution < -0.4 is 5.73 Å². The molecule has 0 spiro atoms. The lowest BCUT2D eigenvalue weighted by molar-refractivity contribution is -0.137. The van der Waals surface area contributed by atoms with Crippen molar-refractivity contribution < 1.29 is 13.2 Å². The van der Waals surface area contributed by atoms with E-state index < -0.39 is 11.7 Å². The number of hydrogen-bond acceptors (Lipinski definition) is 2. The van der Waals surface area contributed by atoms with Crippen LogP contribution in [0.15, 0.2) is 24.3 Å². The number of nitrogens with two attached hydrogens (primary N) is 1. The molecule has 2 nitrogen and oxygen atoms in total. The van der Waals surface area contributed by atoms with Crippen molar-refractivity contribution in [2.75, 3.05) is 19.6 Å². The van der Waals surface area contributed by atoms with Crippen molar-refractivity contribution in [1.29, 1.82) is 0 Å². The molecule has 1 aliphatic rings. The molecule has 0 aromatic heterocycles. The predicted octanol–water partition coefficient (Wildman–Crippen LogP) is 4.04. The highest BCUT2D eigenvalue weighted by atomic mass is 35.5. The van der Waals surface area contributed by atoms with Gasteiger partial charge in [-0.15, -0.1) is 12.4 Å². The molecule has 1 aromatic rings. The molecule has 0 atom stereocenters. The number of rotatable bonds is 3. The third kappa shape index (κ3) is 5.45. The van der Waals surface area contributed by atoms with Crippen molar-refractivity contribution in [1.82, 2.24) is 4.90 Å². The highest BCUT2D eigenvalue weighted by Gasteiger charge is 2.30. The smallest absolute Gasteiger partial charge is 0.324 e. The van der Waals surface area contributed by atoms with E-state index in [4.69, 9.17) is 5.73 Å². The molecule has 2 N–H and O–H groups in total. The standard InChI is InChI=1S/C16H23F3N2.ClH/c1-15(2,20)11-21-9-7-13(8-10-21)12-3-5-14(6-4-12)16(17,18)19;/h3-6,13H,7-11,20H2,1-2H3;1H. The summed E-state index contributed by atoms with van der Waals surface area (Å²) in [6, 6.07) is 5.61. The Morgan fingerprint density at radius 1 is 1.09 bits per heavy atom. The van der Waals surface area contributed by atoms with Gasteiger partial charge in [-0.05, 0) is 63.4 Å². The molecular weight excluding hydrogens is 313 g/mol. The van der Waals surface area contributed by atoms with Gasteiger partial charge in [-0.25, -0.2) is 0 Å². The summed E-state index contributed by atoms with van der Waals surface area (Å²) in [5.41, 5.74) is 6.25. The lowest BCUT2D eigenvalue weighted by Crippen LogP contribution is -2.47. The van der Waals surface area contributed by atoms with Gasteiger partial charge in [0, 0.05) is 12.1 Å². The SMILES string of the molecule is CC(C)(N)CN1CCC(c2ccc(C(F)(F)F)cc2)CC1.Cl. The van der Waals surface area contributed by atoms with Crippen LogP contribution in [0.25, 0.3) is 0 Å². The Bertz CT molecular complexity index is 458. The van der Waals surface area contributed by atoms with Crippen molar-refractivity contribution in [3.05, 3.63) is 35.4 Å². The lowest BCUT2D eigenvalue weighted by Gasteiger charge is -2.36. The molecule has 22 heavy (non-hydrogen) atoms. The summed E-state index contributed by atoms with van der Waals surface area (Å²) >= 11 is 0. The van der Waals surface area contributed by atoms with Gasteiger partial charge in [0.25, 0.3) is 0 Å². The fourth-order valence-electron chi connectivity index (χ4n) is 2.94. The first kappa shape index (κ1) is 19.3. The van der Waals surface area contributed by atoms with Crippen LogP contribution in [0.3, 0.4) is 0 Å². The van der Waals surface area contributed by atoms with E-state index in [1.807, 2.05) is 13.8 Å². The molecule has 1 aliphatic heterocycles. The van der Waals surface area contributed by atoms with Crippen molar-refractivity contribution >= 4 is 12.4 Å². The molecule has 0 saturated carbocycles. The van der Waals surface area contributed by atoms with Crippen LogP contribution in [0.1, 0.15) is 43.7 Å². The molecule has 0 unspecified atom stereocenters. The summed E-state index contributed by atoms with van der Waals surface area (Å²) in [6.07, 6.45) is -2.31. The summed E-state index contributed by atoms with van der Waals surface area (Å²) in [7, 11) is 0. The number of alkyl halides is 3. The fourth-order valence-corrected chi connectivity index (χ4v) is 2.94. The van der Waals surface area contributed by atoms with E-state index in [0.717, 1.165) is 38.0 Å². The maximum atomic E-state index is 12.6. The van der Waals surface area contributed by atoms with E-state index in [2.05, 4.69) is 4.90 Å². The quantitative estimate of drug-likeness (QED) is 0.902. The van der Waals surface area contributed by atoms with Crippen molar-refractivity contribution in [3.8, 4) is 0 Å². The number of nitrogens with zero attached hydrogens (tertiary/aromatic N) is 1. The second-order valence-electron chi connectivity index (χ2n) is 6.66. The van der Waals surface area contributed by atoms with Gasteiger partial charge >= 0.3 is 6.18 Å². The summed E-state index contributed by atoms with van der Waals surface area (Å²) in [5.74, 6) is 0.351. The van der Waals surface area contributed by atoms with E-state index in [9.17, 15) is 13.2 Å². The molecular formula is C16H24ClF3N2. The van der Waals surface area contributed by atoms with E-state index in [1.54, 1.807) is 12.1 Å². The Labute approximate surface area is 136 Å². The molecule has 0 amide bonds. The average Bonchev–Trinajstić information content (AvgIpc) is 2.37. The van der Waals surface area contributed by atoms with Gasteiger partial charge in [0.1, 0.15) is 0 Å². The minimum Gasteiger partial charge on any atom is -0.324 e. The number of halogens is 4.